The van der Waals surface area contributed by atoms with Gasteiger partial charge in [-0.25, -0.2) is 24.4 Å². The summed E-state index contributed by atoms with van der Waals surface area (Å²) >= 11 is 6.58. The first-order chi connectivity index (χ1) is 25.3. The number of nitrogens with zero attached hydrogens (tertiary/aromatic N) is 5. The standard InChI is InChI=1S/C36H43ClN6O10/c1-34(2)51-18-36(53-34)25(17-50-35(31(45)46,32(47)48)14-20-7-9-23(10-8-20)42-12-4-11-38-33(42)49)52-30(28(36)44)43-19-39-27-24(13-26(37)40-29(27)43)41-15-21-5-3-6-22(21)16-41/h7-10,13,19,21-22,25,28,30,44H,3-6,11-12,14-18H2,1-2H3,(H,38,49)(H,45,46)(H,47,48)/t21-,22+,25-,28+,30-,36?/m1/s1. The number of carbonyl (C=O) groups excluding carboxylic acids is 1. The van der Waals surface area contributed by atoms with Crippen molar-refractivity contribution in [1.82, 2.24) is 19.9 Å². The number of nitrogens with one attached hydrogen (secondary N) is 1. The zero-order valence-electron chi connectivity index (χ0n) is 29.4. The molecule has 8 rings (SSSR count). The predicted octanol–water partition coefficient (Wildman–Crippen LogP) is 3.19. The number of fused-ring (bicyclic) bond motifs is 2. The lowest BCUT2D eigenvalue weighted by Crippen LogP contribution is -2.56. The molecular formula is C36H43ClN6O10. The molecule has 1 unspecified atom stereocenters. The molecule has 1 saturated carbocycles. The Bertz CT molecular complexity index is 1900. The van der Waals surface area contributed by atoms with Crippen LogP contribution >= 0.6 is 11.6 Å². The van der Waals surface area contributed by atoms with Crippen molar-refractivity contribution < 1.29 is 48.7 Å². The molecule has 1 aromatic carbocycles. The summed E-state index contributed by atoms with van der Waals surface area (Å²) < 4.78 is 26.1. The second kappa shape index (κ2) is 13.4. The number of ether oxygens (including phenoxy) is 4. The van der Waals surface area contributed by atoms with Crippen LogP contribution in [0.5, 0.6) is 0 Å². The van der Waals surface area contributed by atoms with Crippen molar-refractivity contribution >= 4 is 52.1 Å². The molecule has 2 amide bonds. The number of aliphatic hydroxyl groups is 1. The number of hydrogen-bond acceptors (Lipinski definition) is 11. The minimum Gasteiger partial charge on any atom is -0.479 e. The SMILES string of the molecule is CC1(C)OCC2(O1)[C@@H](COC(Cc1ccc(N3CCCNC3=O)cc1)(C(=O)O)C(=O)O)O[C@@H](n1cnc3c(N4C[C@H]5CCC[C@H]5C4)cc(Cl)nc31)[C@@H]2O. The lowest BCUT2D eigenvalue weighted by molar-refractivity contribution is -0.206. The highest BCUT2D eigenvalue weighted by Gasteiger charge is 2.65. The average Bonchev–Trinajstić information content (AvgIpc) is 3.93. The van der Waals surface area contributed by atoms with Gasteiger partial charge in [-0.3, -0.25) is 9.47 Å². The summed E-state index contributed by atoms with van der Waals surface area (Å²) in [5.74, 6) is -3.38. The zero-order chi connectivity index (χ0) is 37.3. The van der Waals surface area contributed by atoms with Crippen LogP contribution in [0.4, 0.5) is 16.2 Å². The number of anilines is 2. The third-order valence-electron chi connectivity index (χ3n) is 11.5. The number of aromatic nitrogens is 3. The number of halogens is 1. The molecule has 4 aliphatic heterocycles. The summed E-state index contributed by atoms with van der Waals surface area (Å²) in [5.41, 5.74) is -1.59. The van der Waals surface area contributed by atoms with E-state index in [-0.39, 0.29) is 17.8 Å². The molecule has 6 atom stereocenters. The van der Waals surface area contributed by atoms with Crippen LogP contribution in [0, 0.1) is 11.8 Å². The Morgan fingerprint density at radius 3 is 2.47 bits per heavy atom. The van der Waals surface area contributed by atoms with Gasteiger partial charge in [0.15, 0.2) is 23.3 Å². The number of aliphatic carboxylic acids is 2. The van der Waals surface area contributed by atoms with Crippen LogP contribution in [0.25, 0.3) is 11.2 Å². The van der Waals surface area contributed by atoms with Gasteiger partial charge in [0.25, 0.3) is 5.60 Å². The zero-order valence-corrected chi connectivity index (χ0v) is 30.2. The fourth-order valence-corrected chi connectivity index (χ4v) is 8.89. The van der Waals surface area contributed by atoms with Crippen molar-refractivity contribution in [2.75, 3.05) is 49.2 Å². The smallest absolute Gasteiger partial charge is 0.348 e. The number of carbonyl (C=O) groups is 3. The molecule has 0 radical (unpaired) electrons. The molecule has 53 heavy (non-hydrogen) atoms. The normalized spacial score (nSPS) is 29.7. The maximum absolute atomic E-state index is 12.8. The van der Waals surface area contributed by atoms with E-state index in [0.717, 1.165) is 25.2 Å². The number of benzene rings is 1. The van der Waals surface area contributed by atoms with Gasteiger partial charge in [-0.15, -0.1) is 0 Å². The molecule has 4 N–H and O–H groups in total. The van der Waals surface area contributed by atoms with Crippen LogP contribution in [-0.4, -0.2) is 116 Å². The highest BCUT2D eigenvalue weighted by molar-refractivity contribution is 6.30. The van der Waals surface area contributed by atoms with Gasteiger partial charge in [0, 0.05) is 44.4 Å². The monoisotopic (exact) mass is 754 g/mol. The number of carboxylic acid groups (broad SMARTS) is 2. The molecule has 0 bridgehead atoms. The Kier molecular flexibility index (Phi) is 9.06. The highest BCUT2D eigenvalue weighted by atomic mass is 35.5. The second-order valence-corrected chi connectivity index (χ2v) is 15.6. The molecule has 2 aromatic heterocycles. The van der Waals surface area contributed by atoms with Crippen LogP contribution < -0.4 is 15.1 Å². The molecule has 284 valence electrons. The lowest BCUT2D eigenvalue weighted by atomic mass is 9.91. The number of pyridine rings is 1. The van der Waals surface area contributed by atoms with Gasteiger partial charge < -0.3 is 44.5 Å². The van der Waals surface area contributed by atoms with Gasteiger partial charge >= 0.3 is 18.0 Å². The maximum Gasteiger partial charge on any atom is 0.348 e. The summed E-state index contributed by atoms with van der Waals surface area (Å²) in [4.78, 5) is 51.0. The minimum absolute atomic E-state index is 0.160. The first kappa shape index (κ1) is 35.9. The molecule has 5 fully saturated rings. The third kappa shape index (κ3) is 6.18. The van der Waals surface area contributed by atoms with Crippen LogP contribution in [0.1, 0.15) is 51.3 Å². The first-order valence-corrected chi connectivity index (χ1v) is 18.4. The van der Waals surface area contributed by atoms with E-state index in [9.17, 15) is 29.7 Å². The largest absolute Gasteiger partial charge is 0.479 e. The molecule has 1 spiro atoms. The summed E-state index contributed by atoms with van der Waals surface area (Å²) in [7, 11) is 0. The van der Waals surface area contributed by atoms with E-state index < -0.39 is 60.4 Å². The minimum atomic E-state index is -2.74. The van der Waals surface area contributed by atoms with E-state index in [2.05, 4.69) is 20.2 Å². The van der Waals surface area contributed by atoms with Crippen molar-refractivity contribution in [3.8, 4) is 0 Å². The number of urea groups is 1. The van der Waals surface area contributed by atoms with Crippen molar-refractivity contribution in [1.29, 1.82) is 0 Å². The maximum atomic E-state index is 12.8. The van der Waals surface area contributed by atoms with Crippen molar-refractivity contribution in [3.63, 3.8) is 0 Å². The van der Waals surface area contributed by atoms with Gasteiger partial charge in [-0.05, 0) is 62.6 Å². The van der Waals surface area contributed by atoms with Crippen molar-refractivity contribution in [2.45, 2.75) is 81.4 Å². The summed E-state index contributed by atoms with van der Waals surface area (Å²) in [6.45, 7) is 5.46. The predicted molar refractivity (Wildman–Crippen MR) is 189 cm³/mol. The van der Waals surface area contributed by atoms with E-state index in [4.69, 9.17) is 30.5 Å². The van der Waals surface area contributed by atoms with Crippen LogP contribution in [-0.2, 0) is 35.0 Å². The van der Waals surface area contributed by atoms with Gasteiger partial charge in [0.05, 0.1) is 25.2 Å². The Morgan fingerprint density at radius 1 is 1.11 bits per heavy atom. The number of carboxylic acids is 2. The molecule has 3 aromatic rings. The van der Waals surface area contributed by atoms with Crippen LogP contribution in [0.15, 0.2) is 36.7 Å². The van der Waals surface area contributed by atoms with E-state index in [0.29, 0.717) is 47.3 Å². The van der Waals surface area contributed by atoms with E-state index in [1.807, 2.05) is 0 Å². The Balaban J connectivity index is 1.07. The summed E-state index contributed by atoms with van der Waals surface area (Å²) in [6.07, 6.45) is 1.58. The number of imidazole rings is 1. The summed E-state index contributed by atoms with van der Waals surface area (Å²) in [5, 5.41) is 35.8. The average molecular weight is 755 g/mol. The van der Waals surface area contributed by atoms with Crippen LogP contribution in [0.2, 0.25) is 5.15 Å². The second-order valence-electron chi connectivity index (χ2n) is 15.2. The van der Waals surface area contributed by atoms with Gasteiger partial charge in [0.1, 0.15) is 22.9 Å². The Labute approximate surface area is 309 Å². The molecule has 4 saturated heterocycles. The topological polar surface area (TPSA) is 198 Å². The Morgan fingerprint density at radius 2 is 1.83 bits per heavy atom. The highest BCUT2D eigenvalue weighted by Crippen LogP contribution is 2.48. The van der Waals surface area contributed by atoms with E-state index >= 15 is 0 Å². The van der Waals surface area contributed by atoms with Gasteiger partial charge in [-0.1, -0.05) is 30.2 Å². The number of aliphatic hydroxyl groups excluding tert-OH is 1. The van der Waals surface area contributed by atoms with Gasteiger partial charge in [0.2, 0.25) is 0 Å². The number of rotatable bonds is 10. The fourth-order valence-electron chi connectivity index (χ4n) is 8.71. The number of amides is 2. The molecular weight excluding hydrogens is 712 g/mol. The van der Waals surface area contributed by atoms with Crippen molar-refractivity contribution in [3.05, 3.63) is 47.4 Å². The molecule has 1 aliphatic carbocycles. The molecule has 16 nitrogen and oxygen atoms in total. The van der Waals surface area contributed by atoms with E-state index in [1.165, 1.54) is 25.6 Å². The van der Waals surface area contributed by atoms with E-state index in [1.54, 1.807) is 53.6 Å². The summed E-state index contributed by atoms with van der Waals surface area (Å²) in [6, 6.07) is 7.95. The van der Waals surface area contributed by atoms with Crippen LogP contribution in [0.3, 0.4) is 0 Å². The third-order valence-corrected chi connectivity index (χ3v) is 11.7. The quantitative estimate of drug-likeness (QED) is 0.174. The van der Waals surface area contributed by atoms with Gasteiger partial charge in [-0.2, -0.15) is 0 Å². The number of hydrogen-bond donors (Lipinski definition) is 4. The Hall–Kier alpha value is -4.06. The first-order valence-electron chi connectivity index (χ1n) is 18.0. The lowest BCUT2D eigenvalue weighted by Gasteiger charge is -2.33. The fraction of sp³-hybridized carbons (Fsp3) is 0.583. The molecule has 6 heterocycles. The molecule has 5 aliphatic rings. The molecule has 17 heteroatoms. The van der Waals surface area contributed by atoms with Crippen molar-refractivity contribution in [2.24, 2.45) is 11.8 Å².